The van der Waals surface area contributed by atoms with Gasteiger partial charge in [-0.15, -0.1) is 0 Å². The summed E-state index contributed by atoms with van der Waals surface area (Å²) in [6.07, 6.45) is 2.29. The summed E-state index contributed by atoms with van der Waals surface area (Å²) in [7, 11) is 0. The van der Waals surface area contributed by atoms with Gasteiger partial charge in [0.25, 0.3) is 11.8 Å². The second-order valence-corrected chi connectivity index (χ2v) is 7.28. The quantitative estimate of drug-likeness (QED) is 0.781. The molecule has 0 spiro atoms. The highest BCUT2D eigenvalue weighted by molar-refractivity contribution is 6.31. The first kappa shape index (κ1) is 19.2. The molecule has 0 fully saturated rings. The Morgan fingerprint density at radius 3 is 2.70 bits per heavy atom. The van der Waals surface area contributed by atoms with Gasteiger partial charge in [0, 0.05) is 34.2 Å². The van der Waals surface area contributed by atoms with E-state index in [9.17, 15) is 9.59 Å². The van der Waals surface area contributed by atoms with E-state index in [1.807, 2.05) is 20.8 Å². The summed E-state index contributed by atoms with van der Waals surface area (Å²) in [4.78, 5) is 24.7. The van der Waals surface area contributed by atoms with Crippen molar-refractivity contribution in [2.45, 2.75) is 46.1 Å². The summed E-state index contributed by atoms with van der Waals surface area (Å²) in [6.45, 7) is 5.64. The summed E-state index contributed by atoms with van der Waals surface area (Å²) in [6, 6.07) is 6.69. The second kappa shape index (κ2) is 7.96. The number of nitrogens with one attached hydrogen (secondary N) is 2. The van der Waals surface area contributed by atoms with Crippen molar-refractivity contribution >= 4 is 29.1 Å². The predicted octanol–water partition coefficient (Wildman–Crippen LogP) is 3.85. The van der Waals surface area contributed by atoms with Crippen LogP contribution in [0, 0.1) is 6.92 Å². The number of carbonyl (C=O) groups excluding carboxylic acids is 2. The molecule has 6 nitrogen and oxygen atoms in total. The van der Waals surface area contributed by atoms with Gasteiger partial charge in [-0.3, -0.25) is 9.59 Å². The zero-order valence-corrected chi connectivity index (χ0v) is 16.3. The number of aryl methyl sites for hydroxylation is 1. The highest BCUT2D eigenvalue weighted by Crippen LogP contribution is 2.30. The van der Waals surface area contributed by atoms with E-state index in [2.05, 4.69) is 15.8 Å². The molecule has 1 aliphatic rings. The fourth-order valence-electron chi connectivity index (χ4n) is 3.14. The van der Waals surface area contributed by atoms with Crippen molar-refractivity contribution in [2.75, 3.05) is 0 Å². The Balaban J connectivity index is 1.85. The lowest BCUT2D eigenvalue weighted by atomic mass is 9.93. The Labute approximate surface area is 163 Å². The molecule has 2 N–H and O–H groups in total. The number of amides is 2. The van der Waals surface area contributed by atoms with Crippen molar-refractivity contribution in [3.8, 4) is 0 Å². The van der Waals surface area contributed by atoms with Crippen LogP contribution in [0.5, 0.6) is 0 Å². The molecule has 0 aliphatic heterocycles. The summed E-state index contributed by atoms with van der Waals surface area (Å²) in [5, 5.41) is 7.64. The van der Waals surface area contributed by atoms with E-state index in [1.165, 1.54) is 0 Å². The molecular weight excluding hydrogens is 366 g/mol. The van der Waals surface area contributed by atoms with Crippen molar-refractivity contribution in [3.63, 3.8) is 0 Å². The lowest BCUT2D eigenvalue weighted by molar-refractivity contribution is 0.0911. The van der Waals surface area contributed by atoms with Gasteiger partial charge in [-0.1, -0.05) is 17.7 Å². The Hall–Kier alpha value is -2.60. The maximum Gasteiger partial charge on any atom is 0.287 e. The molecule has 2 amide bonds. The minimum atomic E-state index is -0.337. The lowest BCUT2D eigenvalue weighted by Crippen LogP contribution is -2.30. The van der Waals surface area contributed by atoms with Gasteiger partial charge >= 0.3 is 0 Å². The maximum absolute atomic E-state index is 12.4. The van der Waals surface area contributed by atoms with E-state index in [0.717, 1.165) is 35.4 Å². The van der Waals surface area contributed by atoms with Crippen molar-refractivity contribution in [2.24, 2.45) is 5.10 Å². The number of nitrogens with zero attached hydrogens (tertiary/aromatic N) is 1. The third-order valence-corrected chi connectivity index (χ3v) is 4.57. The monoisotopic (exact) mass is 387 g/mol. The Bertz CT molecular complexity index is 915. The van der Waals surface area contributed by atoms with Gasteiger partial charge in [-0.05, 0) is 51.8 Å². The molecule has 2 aromatic rings. The van der Waals surface area contributed by atoms with Crippen LogP contribution in [0.1, 0.15) is 64.5 Å². The number of halogens is 1. The van der Waals surface area contributed by atoms with Gasteiger partial charge in [0.15, 0.2) is 5.76 Å². The zero-order valence-electron chi connectivity index (χ0n) is 15.6. The number of carbonyl (C=O) groups is 2. The number of hydrazone groups is 1. The average Bonchev–Trinajstić information content (AvgIpc) is 2.97. The standard InChI is InChI=1S/C20H22ClN3O3/c1-11(2)22-20(26)18-12(3)17-15(8-5-9-16(17)27-18)23-24-19(25)13-6-4-7-14(21)10-13/h4,6-7,10-11H,5,8-9H2,1-3H3,(H,22,26)(H,24,25)/b23-15+. The second-order valence-electron chi connectivity index (χ2n) is 6.85. The van der Waals surface area contributed by atoms with Gasteiger partial charge in [-0.2, -0.15) is 5.10 Å². The van der Waals surface area contributed by atoms with Gasteiger partial charge in [0.1, 0.15) is 5.76 Å². The molecule has 7 heteroatoms. The number of rotatable bonds is 4. The fourth-order valence-corrected chi connectivity index (χ4v) is 3.33. The van der Waals surface area contributed by atoms with Crippen LogP contribution >= 0.6 is 11.6 Å². The number of benzene rings is 1. The van der Waals surface area contributed by atoms with Crippen molar-refractivity contribution in [3.05, 3.63) is 57.5 Å². The Morgan fingerprint density at radius 1 is 1.22 bits per heavy atom. The van der Waals surface area contributed by atoms with Crippen LogP contribution in [0.4, 0.5) is 0 Å². The highest BCUT2D eigenvalue weighted by Gasteiger charge is 2.28. The minimum Gasteiger partial charge on any atom is -0.455 e. The van der Waals surface area contributed by atoms with Crippen LogP contribution in [0.3, 0.4) is 0 Å². The number of hydrogen-bond donors (Lipinski definition) is 2. The van der Waals surface area contributed by atoms with E-state index in [1.54, 1.807) is 24.3 Å². The van der Waals surface area contributed by atoms with E-state index < -0.39 is 0 Å². The minimum absolute atomic E-state index is 0.0177. The van der Waals surface area contributed by atoms with E-state index in [0.29, 0.717) is 22.8 Å². The van der Waals surface area contributed by atoms with E-state index >= 15 is 0 Å². The van der Waals surface area contributed by atoms with Crippen LogP contribution < -0.4 is 10.7 Å². The number of fused-ring (bicyclic) bond motifs is 1. The fraction of sp³-hybridized carbons (Fsp3) is 0.350. The molecule has 1 aromatic carbocycles. The number of hydrogen-bond acceptors (Lipinski definition) is 4. The first-order valence-corrected chi connectivity index (χ1v) is 9.30. The molecule has 1 aromatic heterocycles. The summed E-state index contributed by atoms with van der Waals surface area (Å²) in [5.41, 5.74) is 5.31. The molecule has 0 saturated heterocycles. The molecular formula is C20H22ClN3O3. The topological polar surface area (TPSA) is 83.7 Å². The van der Waals surface area contributed by atoms with E-state index in [4.69, 9.17) is 16.0 Å². The van der Waals surface area contributed by atoms with Gasteiger partial charge in [-0.25, -0.2) is 5.43 Å². The highest BCUT2D eigenvalue weighted by atomic mass is 35.5. The zero-order chi connectivity index (χ0) is 19.6. The molecule has 1 heterocycles. The average molecular weight is 388 g/mol. The van der Waals surface area contributed by atoms with Gasteiger partial charge in [0.05, 0.1) is 5.71 Å². The first-order chi connectivity index (χ1) is 12.9. The molecule has 0 radical (unpaired) electrons. The van der Waals surface area contributed by atoms with Crippen LogP contribution in [0.25, 0.3) is 0 Å². The van der Waals surface area contributed by atoms with E-state index in [-0.39, 0.29) is 17.9 Å². The maximum atomic E-state index is 12.4. The van der Waals surface area contributed by atoms with Crippen molar-refractivity contribution in [1.29, 1.82) is 0 Å². The number of furan rings is 1. The molecule has 27 heavy (non-hydrogen) atoms. The molecule has 0 bridgehead atoms. The van der Waals surface area contributed by atoms with Crippen molar-refractivity contribution < 1.29 is 14.0 Å². The van der Waals surface area contributed by atoms with Crippen molar-refractivity contribution in [1.82, 2.24) is 10.7 Å². The Morgan fingerprint density at radius 2 is 2.00 bits per heavy atom. The predicted molar refractivity (Wildman–Crippen MR) is 104 cm³/mol. The first-order valence-electron chi connectivity index (χ1n) is 8.92. The van der Waals surface area contributed by atoms with Gasteiger partial charge < -0.3 is 9.73 Å². The summed E-state index contributed by atoms with van der Waals surface area (Å²) < 4.78 is 5.81. The van der Waals surface area contributed by atoms with Gasteiger partial charge in [0.2, 0.25) is 0 Å². The third-order valence-electron chi connectivity index (χ3n) is 4.33. The molecule has 1 aliphatic carbocycles. The third kappa shape index (κ3) is 4.22. The van der Waals surface area contributed by atoms with Crippen LogP contribution in [-0.2, 0) is 6.42 Å². The van der Waals surface area contributed by atoms with Crippen LogP contribution in [-0.4, -0.2) is 23.6 Å². The normalized spacial score (nSPS) is 14.9. The Kier molecular flexibility index (Phi) is 5.65. The summed E-state index contributed by atoms with van der Waals surface area (Å²) in [5.74, 6) is 0.475. The van der Waals surface area contributed by atoms with Crippen LogP contribution in [0.15, 0.2) is 33.8 Å². The molecule has 142 valence electrons. The molecule has 0 atom stereocenters. The van der Waals surface area contributed by atoms with Crippen LogP contribution in [0.2, 0.25) is 5.02 Å². The molecule has 0 saturated carbocycles. The lowest BCUT2D eigenvalue weighted by Gasteiger charge is -2.13. The SMILES string of the molecule is Cc1c(C(=O)NC(C)C)oc2c1/C(=N/NC(=O)c1cccc(Cl)c1)CCC2. The summed E-state index contributed by atoms with van der Waals surface area (Å²) >= 11 is 5.93. The molecule has 3 rings (SSSR count). The molecule has 0 unspecified atom stereocenters. The smallest absolute Gasteiger partial charge is 0.287 e. The largest absolute Gasteiger partial charge is 0.455 e.